The fourth-order valence-electron chi connectivity index (χ4n) is 3.49. The van der Waals surface area contributed by atoms with Crippen LogP contribution in [-0.2, 0) is 14.2 Å². The van der Waals surface area contributed by atoms with Gasteiger partial charge in [-0.05, 0) is 6.07 Å². The van der Waals surface area contributed by atoms with E-state index < -0.39 is 85.2 Å². The molecular formula is C18H25NO13. The quantitative estimate of drug-likeness (QED) is 0.155. The van der Waals surface area contributed by atoms with Crippen LogP contribution < -0.4 is 4.74 Å². The van der Waals surface area contributed by atoms with E-state index in [0.717, 1.165) is 6.07 Å². The Labute approximate surface area is 180 Å². The van der Waals surface area contributed by atoms with Crippen molar-refractivity contribution in [2.45, 2.75) is 61.4 Å². The second kappa shape index (κ2) is 10.3. The number of nitro benzene ring substituents is 1. The maximum atomic E-state index is 11.2. The van der Waals surface area contributed by atoms with Gasteiger partial charge in [0.25, 0.3) is 0 Å². The van der Waals surface area contributed by atoms with Crippen LogP contribution in [0.5, 0.6) is 5.75 Å². The lowest BCUT2D eigenvalue weighted by Gasteiger charge is -2.45. The Bertz CT molecular complexity index is 777. The summed E-state index contributed by atoms with van der Waals surface area (Å²) in [5.74, 6) is -0.251. The molecule has 14 nitrogen and oxygen atoms in total. The van der Waals surface area contributed by atoms with Crippen LogP contribution in [0, 0.1) is 10.1 Å². The molecule has 0 bridgehead atoms. The van der Waals surface area contributed by atoms with E-state index in [-0.39, 0.29) is 5.75 Å². The fourth-order valence-corrected chi connectivity index (χ4v) is 3.49. The molecular weight excluding hydrogens is 438 g/mol. The average Bonchev–Trinajstić information content (AvgIpc) is 2.78. The van der Waals surface area contributed by atoms with Gasteiger partial charge in [0.05, 0.1) is 18.1 Å². The Morgan fingerprint density at radius 3 is 2.06 bits per heavy atom. The number of rotatable bonds is 7. The monoisotopic (exact) mass is 463 g/mol. The van der Waals surface area contributed by atoms with Crippen molar-refractivity contribution in [3.63, 3.8) is 0 Å². The molecule has 180 valence electrons. The summed E-state index contributed by atoms with van der Waals surface area (Å²) in [5.41, 5.74) is -0.418. The molecule has 0 spiro atoms. The first-order chi connectivity index (χ1) is 15.2. The predicted molar refractivity (Wildman–Crippen MR) is 100 cm³/mol. The van der Waals surface area contributed by atoms with Crippen LogP contribution >= 0.6 is 0 Å². The lowest BCUT2D eigenvalue weighted by Crippen LogP contribution is -2.65. The molecule has 7 N–H and O–H groups in total. The van der Waals surface area contributed by atoms with Gasteiger partial charge in [0, 0.05) is 6.07 Å². The van der Waals surface area contributed by atoms with Gasteiger partial charge in [0.1, 0.15) is 48.8 Å². The van der Waals surface area contributed by atoms with Crippen LogP contribution in [0.25, 0.3) is 0 Å². The van der Waals surface area contributed by atoms with Crippen molar-refractivity contribution < 1.29 is 59.6 Å². The fraction of sp³-hybridized carbons (Fsp3) is 0.667. The van der Waals surface area contributed by atoms with Crippen molar-refractivity contribution in [3.8, 4) is 5.75 Å². The molecule has 3 rings (SSSR count). The van der Waals surface area contributed by atoms with E-state index in [1.54, 1.807) is 0 Å². The third-order valence-electron chi connectivity index (χ3n) is 5.27. The second-order valence-electron chi connectivity index (χ2n) is 7.35. The number of para-hydroxylation sites is 2. The maximum Gasteiger partial charge on any atom is 0.311 e. The van der Waals surface area contributed by atoms with E-state index in [0.29, 0.717) is 0 Å². The topological polar surface area (TPSA) is 222 Å². The SMILES string of the molecule is O=[N+]([O-])c1ccccc1O[C@@H]1O[C@H](CO)[C@@H](O[C@@H]2O[C@H](CO)[C@H](O)[C@H](O)[C@H]2O)[C@H](O)[C@H]1O. The Kier molecular flexibility index (Phi) is 7.94. The molecule has 0 radical (unpaired) electrons. The number of hydrogen-bond acceptors (Lipinski definition) is 13. The Hall–Kier alpha value is -1.98. The first-order valence-corrected chi connectivity index (χ1v) is 9.68. The molecule has 0 amide bonds. The maximum absolute atomic E-state index is 11.2. The summed E-state index contributed by atoms with van der Waals surface area (Å²) in [6, 6.07) is 5.27. The van der Waals surface area contributed by atoms with Crippen LogP contribution in [-0.4, -0.2) is 115 Å². The molecule has 0 unspecified atom stereocenters. The summed E-state index contributed by atoms with van der Waals surface area (Å²) in [6.07, 6.45) is -16.2. The highest BCUT2D eigenvalue weighted by atomic mass is 16.7. The minimum absolute atomic E-state index is 0.251. The normalized spacial score (nSPS) is 40.1. The summed E-state index contributed by atoms with van der Waals surface area (Å²) in [6.45, 7) is -1.48. The van der Waals surface area contributed by atoms with Gasteiger partial charge in [-0.25, -0.2) is 0 Å². The van der Waals surface area contributed by atoms with Crippen molar-refractivity contribution in [2.24, 2.45) is 0 Å². The highest BCUT2D eigenvalue weighted by Crippen LogP contribution is 2.33. The minimum atomic E-state index is -1.81. The molecule has 1 aromatic carbocycles. The van der Waals surface area contributed by atoms with Crippen molar-refractivity contribution in [3.05, 3.63) is 34.4 Å². The highest BCUT2D eigenvalue weighted by molar-refractivity contribution is 5.45. The molecule has 0 aromatic heterocycles. The van der Waals surface area contributed by atoms with Gasteiger partial charge >= 0.3 is 5.69 Å². The van der Waals surface area contributed by atoms with Gasteiger partial charge < -0.3 is 54.7 Å². The van der Waals surface area contributed by atoms with E-state index >= 15 is 0 Å². The third kappa shape index (κ3) is 4.84. The van der Waals surface area contributed by atoms with Crippen LogP contribution in [0.1, 0.15) is 0 Å². The number of nitrogens with zero attached hydrogens (tertiary/aromatic N) is 1. The molecule has 2 fully saturated rings. The van der Waals surface area contributed by atoms with Crippen LogP contribution in [0.15, 0.2) is 24.3 Å². The highest BCUT2D eigenvalue weighted by Gasteiger charge is 2.51. The van der Waals surface area contributed by atoms with Crippen molar-refractivity contribution in [1.82, 2.24) is 0 Å². The van der Waals surface area contributed by atoms with E-state index in [1.165, 1.54) is 18.2 Å². The van der Waals surface area contributed by atoms with E-state index in [1.807, 2.05) is 0 Å². The van der Waals surface area contributed by atoms with Gasteiger partial charge in [-0.1, -0.05) is 12.1 Å². The summed E-state index contributed by atoms with van der Waals surface area (Å²) in [5, 5.41) is 80.9. The van der Waals surface area contributed by atoms with Gasteiger partial charge in [0.2, 0.25) is 6.29 Å². The van der Waals surface area contributed by atoms with E-state index in [9.17, 15) is 45.9 Å². The minimum Gasteiger partial charge on any atom is -0.455 e. The third-order valence-corrected chi connectivity index (χ3v) is 5.27. The van der Waals surface area contributed by atoms with Gasteiger partial charge in [0.15, 0.2) is 12.0 Å². The van der Waals surface area contributed by atoms with E-state index in [2.05, 4.69) is 0 Å². The van der Waals surface area contributed by atoms with Crippen LogP contribution in [0.4, 0.5) is 5.69 Å². The van der Waals surface area contributed by atoms with Gasteiger partial charge in [-0.3, -0.25) is 10.1 Å². The number of nitro groups is 1. The molecule has 14 heteroatoms. The first-order valence-electron chi connectivity index (χ1n) is 9.68. The second-order valence-corrected chi connectivity index (χ2v) is 7.35. The number of hydrogen-bond donors (Lipinski definition) is 7. The zero-order chi connectivity index (χ0) is 23.6. The van der Waals surface area contributed by atoms with Gasteiger partial charge in [-0.2, -0.15) is 0 Å². The standard InChI is InChI=1S/C18H25NO13/c20-5-9-11(22)12(23)14(25)18(30-9)32-16-10(6-21)31-17(15(26)13(16)24)29-8-4-2-1-3-7(8)19(27)28/h1-4,9-18,20-26H,5-6H2/t9-,10-,11+,12+,13-,14-,15-,16-,17-,18+/m1/s1. The number of ether oxygens (including phenoxy) is 4. The van der Waals surface area contributed by atoms with Crippen LogP contribution in [0.2, 0.25) is 0 Å². The van der Waals surface area contributed by atoms with Crippen LogP contribution in [0.3, 0.4) is 0 Å². The molecule has 32 heavy (non-hydrogen) atoms. The van der Waals surface area contributed by atoms with Crippen molar-refractivity contribution in [2.75, 3.05) is 13.2 Å². The smallest absolute Gasteiger partial charge is 0.311 e. The van der Waals surface area contributed by atoms with E-state index in [4.69, 9.17) is 18.9 Å². The molecule has 2 aliphatic rings. The molecule has 0 aliphatic carbocycles. The molecule has 1 aromatic rings. The summed E-state index contributed by atoms with van der Waals surface area (Å²) in [4.78, 5) is 10.4. The predicted octanol–water partition coefficient (Wildman–Crippen LogP) is -3.40. The molecule has 2 heterocycles. The molecule has 2 aliphatic heterocycles. The van der Waals surface area contributed by atoms with Crippen molar-refractivity contribution >= 4 is 5.69 Å². The zero-order valence-electron chi connectivity index (χ0n) is 16.5. The zero-order valence-corrected chi connectivity index (χ0v) is 16.5. The lowest BCUT2D eigenvalue weighted by atomic mass is 9.97. The van der Waals surface area contributed by atoms with Gasteiger partial charge in [-0.15, -0.1) is 0 Å². The average molecular weight is 463 g/mol. The Balaban J connectivity index is 1.75. The Morgan fingerprint density at radius 1 is 0.844 bits per heavy atom. The summed E-state index contributed by atoms with van der Waals surface area (Å²) < 4.78 is 21.4. The first kappa shape index (κ1) is 24.7. The van der Waals surface area contributed by atoms with Crippen molar-refractivity contribution in [1.29, 1.82) is 0 Å². The summed E-state index contributed by atoms with van der Waals surface area (Å²) in [7, 11) is 0. The summed E-state index contributed by atoms with van der Waals surface area (Å²) >= 11 is 0. The number of aliphatic hydroxyl groups is 7. The number of benzene rings is 1. The molecule has 0 saturated carbocycles. The largest absolute Gasteiger partial charge is 0.455 e. The molecule has 2 saturated heterocycles. The molecule has 10 atom stereocenters. The Morgan fingerprint density at radius 2 is 1.44 bits per heavy atom. The lowest BCUT2D eigenvalue weighted by molar-refractivity contribution is -0.387. The number of aliphatic hydroxyl groups excluding tert-OH is 7.